The number of rotatable bonds is 2. The van der Waals surface area contributed by atoms with Gasteiger partial charge in [0.15, 0.2) is 0 Å². The van der Waals surface area contributed by atoms with E-state index in [2.05, 4.69) is 0 Å². The Kier molecular flexibility index (Phi) is 2.33. The summed E-state index contributed by atoms with van der Waals surface area (Å²) in [5.41, 5.74) is 5.06. The van der Waals surface area contributed by atoms with Gasteiger partial charge in [0.1, 0.15) is 0 Å². The van der Waals surface area contributed by atoms with E-state index >= 15 is 0 Å². The first-order valence-corrected chi connectivity index (χ1v) is 3.21. The normalized spacial score (nSPS) is 12.5. The van der Waals surface area contributed by atoms with E-state index in [0.717, 1.165) is 0 Å². The summed E-state index contributed by atoms with van der Waals surface area (Å²) in [6.45, 7) is 0. The minimum Gasteiger partial charge on any atom is -0.295 e. The number of carbonyl (C=O) groups excluding carboxylic acids is 1. The van der Waals surface area contributed by atoms with Crippen LogP contribution in [0.1, 0.15) is 10.4 Å². The molecule has 0 aliphatic heterocycles. The Labute approximate surface area is 63.8 Å². The number of carbonyl (C=O) groups is 1. The predicted molar refractivity (Wildman–Crippen MR) is 39.9 cm³/mol. The average Bonchev–Trinajstić information content (AvgIpc) is 2.05. The fourth-order valence-electron chi connectivity index (χ4n) is 0.762. The number of hydrogen-bond acceptors (Lipinski definition) is 2. The van der Waals surface area contributed by atoms with Gasteiger partial charge in [-0.05, 0) is 0 Å². The number of Topliss-reactive ketones (excluding diaryl/α,β-unsaturated/α-hetero) is 1. The maximum absolute atomic E-state index is 12.2. The van der Waals surface area contributed by atoms with Crippen LogP contribution in [-0.2, 0) is 0 Å². The molecule has 11 heavy (non-hydrogen) atoms. The Morgan fingerprint density at radius 3 is 2.36 bits per heavy atom. The molecule has 0 aliphatic carbocycles. The fraction of sp³-hybridized carbons (Fsp3) is 0.125. The molecule has 1 atom stereocenters. The predicted octanol–water partition coefficient (Wildman–Crippen LogP) is 1.12. The molecule has 3 heteroatoms. The number of halogens is 1. The number of nitrogens with two attached hydrogens (primary N) is 1. The zero-order chi connectivity index (χ0) is 8.27. The zero-order valence-electron chi connectivity index (χ0n) is 5.83. The molecule has 1 aromatic rings. The summed E-state index contributed by atoms with van der Waals surface area (Å²) in [5.74, 6) is -0.675. The van der Waals surface area contributed by atoms with E-state index < -0.39 is 12.1 Å². The van der Waals surface area contributed by atoms with Crippen LogP contribution in [0.25, 0.3) is 0 Å². The molecule has 0 fully saturated rings. The molecule has 0 heterocycles. The highest BCUT2D eigenvalue weighted by molar-refractivity contribution is 5.98. The minimum atomic E-state index is -1.91. The van der Waals surface area contributed by atoms with Crippen LogP contribution in [0.4, 0.5) is 4.39 Å². The van der Waals surface area contributed by atoms with Gasteiger partial charge in [-0.1, -0.05) is 30.3 Å². The first kappa shape index (κ1) is 7.88. The minimum absolute atomic E-state index is 0.308. The van der Waals surface area contributed by atoms with E-state index in [-0.39, 0.29) is 0 Å². The zero-order valence-corrected chi connectivity index (χ0v) is 5.83. The van der Waals surface area contributed by atoms with Crippen LogP contribution in [0.15, 0.2) is 30.3 Å². The smallest absolute Gasteiger partial charge is 0.212 e. The van der Waals surface area contributed by atoms with E-state index in [0.29, 0.717) is 5.56 Å². The lowest BCUT2D eigenvalue weighted by molar-refractivity contribution is 0.0883. The number of alkyl halides is 1. The largest absolute Gasteiger partial charge is 0.295 e. The molecule has 0 radical (unpaired) electrons. The molecular weight excluding hydrogens is 145 g/mol. The second-order valence-electron chi connectivity index (χ2n) is 2.13. The monoisotopic (exact) mass is 153 g/mol. The summed E-state index contributed by atoms with van der Waals surface area (Å²) in [6.07, 6.45) is -1.91. The molecule has 0 saturated heterocycles. The molecule has 2 nitrogen and oxygen atoms in total. The Hall–Kier alpha value is -1.22. The molecule has 0 saturated carbocycles. The number of benzene rings is 1. The van der Waals surface area contributed by atoms with Gasteiger partial charge in [-0.3, -0.25) is 10.5 Å². The van der Waals surface area contributed by atoms with Gasteiger partial charge in [-0.2, -0.15) is 0 Å². The van der Waals surface area contributed by atoms with Gasteiger partial charge in [-0.25, -0.2) is 4.39 Å². The highest BCUT2D eigenvalue weighted by atomic mass is 19.1. The Balaban J connectivity index is 2.86. The standard InChI is InChI=1S/C8H8FNO/c9-8(10)7(11)6-4-2-1-3-5-6/h1-5,8H,10H2. The van der Waals surface area contributed by atoms with E-state index in [1.165, 1.54) is 12.1 Å². The third kappa shape index (κ3) is 1.85. The first-order chi connectivity index (χ1) is 5.22. The second-order valence-corrected chi connectivity index (χ2v) is 2.13. The highest BCUT2D eigenvalue weighted by Crippen LogP contribution is 2.02. The van der Waals surface area contributed by atoms with Crippen molar-refractivity contribution in [2.75, 3.05) is 0 Å². The van der Waals surface area contributed by atoms with Crippen molar-refractivity contribution < 1.29 is 9.18 Å². The van der Waals surface area contributed by atoms with Crippen LogP contribution in [0.3, 0.4) is 0 Å². The molecule has 58 valence electrons. The Morgan fingerprint density at radius 1 is 1.36 bits per heavy atom. The quantitative estimate of drug-likeness (QED) is 0.511. The van der Waals surface area contributed by atoms with Crippen molar-refractivity contribution in [2.24, 2.45) is 5.73 Å². The maximum Gasteiger partial charge on any atom is 0.212 e. The fourth-order valence-corrected chi connectivity index (χ4v) is 0.762. The Morgan fingerprint density at radius 2 is 1.91 bits per heavy atom. The van der Waals surface area contributed by atoms with E-state index in [9.17, 15) is 9.18 Å². The number of hydrogen-bond donors (Lipinski definition) is 1. The SMILES string of the molecule is NC(F)C(=O)c1ccccc1. The molecular formula is C8H8FNO. The maximum atomic E-state index is 12.2. The Bertz CT molecular complexity index is 246. The van der Waals surface area contributed by atoms with Crippen LogP contribution in [0, 0.1) is 0 Å². The lowest BCUT2D eigenvalue weighted by Gasteiger charge is -1.99. The van der Waals surface area contributed by atoms with Crippen molar-refractivity contribution in [3.8, 4) is 0 Å². The molecule has 0 amide bonds. The summed E-state index contributed by atoms with van der Waals surface area (Å²) in [6, 6.07) is 8.13. The number of ketones is 1. The summed E-state index contributed by atoms with van der Waals surface area (Å²) in [7, 11) is 0. The highest BCUT2D eigenvalue weighted by Gasteiger charge is 2.12. The average molecular weight is 153 g/mol. The molecule has 0 aliphatic rings. The van der Waals surface area contributed by atoms with Crippen molar-refractivity contribution in [2.45, 2.75) is 6.30 Å². The van der Waals surface area contributed by atoms with Gasteiger partial charge in [0.25, 0.3) is 0 Å². The molecule has 0 aromatic heterocycles. The summed E-state index contributed by atoms with van der Waals surface area (Å²) < 4.78 is 12.2. The lowest BCUT2D eigenvalue weighted by atomic mass is 10.1. The van der Waals surface area contributed by atoms with Crippen LogP contribution in [0.5, 0.6) is 0 Å². The van der Waals surface area contributed by atoms with Crippen molar-refractivity contribution in [3.05, 3.63) is 35.9 Å². The van der Waals surface area contributed by atoms with Gasteiger partial charge in [0.2, 0.25) is 12.1 Å². The van der Waals surface area contributed by atoms with Crippen LogP contribution in [-0.4, -0.2) is 12.1 Å². The van der Waals surface area contributed by atoms with E-state index in [1.807, 2.05) is 0 Å². The molecule has 0 spiro atoms. The van der Waals surface area contributed by atoms with Crippen molar-refractivity contribution in [3.63, 3.8) is 0 Å². The molecule has 1 aromatic carbocycles. The van der Waals surface area contributed by atoms with Crippen LogP contribution < -0.4 is 5.73 Å². The third-order valence-electron chi connectivity index (χ3n) is 1.31. The van der Waals surface area contributed by atoms with Gasteiger partial charge >= 0.3 is 0 Å². The van der Waals surface area contributed by atoms with Crippen molar-refractivity contribution in [1.29, 1.82) is 0 Å². The van der Waals surface area contributed by atoms with Gasteiger partial charge in [0.05, 0.1) is 0 Å². The summed E-state index contributed by atoms with van der Waals surface area (Å²) >= 11 is 0. The molecule has 2 N–H and O–H groups in total. The van der Waals surface area contributed by atoms with Gasteiger partial charge in [-0.15, -0.1) is 0 Å². The first-order valence-electron chi connectivity index (χ1n) is 3.21. The van der Waals surface area contributed by atoms with Gasteiger partial charge in [0, 0.05) is 5.56 Å². The van der Waals surface area contributed by atoms with Crippen molar-refractivity contribution >= 4 is 5.78 Å². The topological polar surface area (TPSA) is 43.1 Å². The van der Waals surface area contributed by atoms with Crippen molar-refractivity contribution in [1.82, 2.24) is 0 Å². The van der Waals surface area contributed by atoms with Crippen LogP contribution in [0.2, 0.25) is 0 Å². The second kappa shape index (κ2) is 3.25. The lowest BCUT2D eigenvalue weighted by Crippen LogP contribution is -2.24. The molecule has 1 unspecified atom stereocenters. The van der Waals surface area contributed by atoms with E-state index in [1.54, 1.807) is 18.2 Å². The van der Waals surface area contributed by atoms with E-state index in [4.69, 9.17) is 5.73 Å². The third-order valence-corrected chi connectivity index (χ3v) is 1.31. The molecule has 1 rings (SSSR count). The van der Waals surface area contributed by atoms with Gasteiger partial charge < -0.3 is 0 Å². The van der Waals surface area contributed by atoms with Crippen LogP contribution >= 0.6 is 0 Å². The summed E-state index contributed by atoms with van der Waals surface area (Å²) in [5, 5.41) is 0. The summed E-state index contributed by atoms with van der Waals surface area (Å²) in [4.78, 5) is 10.8. The molecule has 0 bridgehead atoms.